The van der Waals surface area contributed by atoms with Crippen molar-refractivity contribution in [3.05, 3.63) is 47.2 Å². The van der Waals surface area contributed by atoms with Crippen molar-refractivity contribution < 1.29 is 23.9 Å². The zero-order chi connectivity index (χ0) is 23.2. The van der Waals surface area contributed by atoms with Gasteiger partial charge in [-0.15, -0.1) is 0 Å². The van der Waals surface area contributed by atoms with Crippen LogP contribution >= 0.6 is 0 Å². The Kier molecular flexibility index (Phi) is 8.21. The molecule has 8 heteroatoms. The lowest BCUT2D eigenvalue weighted by atomic mass is 10.0. The molecule has 1 aromatic carbocycles. The first-order chi connectivity index (χ1) is 14.6. The van der Waals surface area contributed by atoms with Crippen LogP contribution in [0.25, 0.3) is 0 Å². The molecule has 0 bridgehead atoms. The van der Waals surface area contributed by atoms with E-state index >= 15 is 0 Å². The second-order valence-corrected chi connectivity index (χ2v) is 8.51. The highest BCUT2D eigenvalue weighted by atomic mass is 16.6. The third-order valence-electron chi connectivity index (χ3n) is 4.84. The molecular weight excluding hydrogens is 398 g/mol. The van der Waals surface area contributed by atoms with Crippen LogP contribution in [0.2, 0.25) is 0 Å². The van der Waals surface area contributed by atoms with Crippen LogP contribution in [0.4, 0.5) is 4.79 Å². The van der Waals surface area contributed by atoms with E-state index in [0.717, 1.165) is 12.0 Å². The minimum absolute atomic E-state index is 0.0444. The highest BCUT2D eigenvalue weighted by Crippen LogP contribution is 2.23. The molecule has 0 radical (unpaired) electrons. The van der Waals surface area contributed by atoms with E-state index in [-0.39, 0.29) is 24.6 Å². The SMILES string of the molecule is CC/C(=C\NC(C)OC)C[C@H](CN1C(=O)c2ccccc2C1=O)NC(=O)OC(C)(C)C. The molecule has 0 saturated heterocycles. The number of ether oxygens (including phenoxy) is 2. The number of imide groups is 1. The summed E-state index contributed by atoms with van der Waals surface area (Å²) < 4.78 is 10.6. The fourth-order valence-electron chi connectivity index (χ4n) is 3.19. The van der Waals surface area contributed by atoms with Gasteiger partial charge in [-0.2, -0.15) is 0 Å². The molecule has 1 unspecified atom stereocenters. The quantitative estimate of drug-likeness (QED) is 0.459. The van der Waals surface area contributed by atoms with Gasteiger partial charge >= 0.3 is 6.09 Å². The first kappa shape index (κ1) is 24.4. The number of benzene rings is 1. The first-order valence-corrected chi connectivity index (χ1v) is 10.5. The summed E-state index contributed by atoms with van der Waals surface area (Å²) in [7, 11) is 1.60. The molecule has 0 spiro atoms. The summed E-state index contributed by atoms with van der Waals surface area (Å²) in [6.45, 7) is 9.25. The predicted molar refractivity (Wildman–Crippen MR) is 118 cm³/mol. The van der Waals surface area contributed by atoms with Gasteiger partial charge in [0.1, 0.15) is 11.8 Å². The van der Waals surface area contributed by atoms with Crippen molar-refractivity contribution in [1.82, 2.24) is 15.5 Å². The van der Waals surface area contributed by atoms with Gasteiger partial charge in [-0.3, -0.25) is 14.5 Å². The van der Waals surface area contributed by atoms with Gasteiger partial charge in [-0.1, -0.05) is 24.6 Å². The largest absolute Gasteiger partial charge is 0.444 e. The summed E-state index contributed by atoms with van der Waals surface area (Å²) >= 11 is 0. The number of hydrogen-bond donors (Lipinski definition) is 2. The Morgan fingerprint density at radius 2 is 1.74 bits per heavy atom. The number of alkyl carbamates (subject to hydrolysis) is 1. The Morgan fingerprint density at radius 3 is 2.23 bits per heavy atom. The minimum Gasteiger partial charge on any atom is -0.444 e. The highest BCUT2D eigenvalue weighted by molar-refractivity contribution is 6.21. The number of nitrogens with one attached hydrogen (secondary N) is 2. The van der Waals surface area contributed by atoms with Crippen LogP contribution in [0, 0.1) is 0 Å². The lowest BCUT2D eigenvalue weighted by molar-refractivity contribution is 0.0467. The maximum absolute atomic E-state index is 12.8. The smallest absolute Gasteiger partial charge is 0.407 e. The molecule has 0 saturated carbocycles. The molecule has 2 rings (SSSR count). The van der Waals surface area contributed by atoms with E-state index in [0.29, 0.717) is 17.5 Å². The van der Waals surface area contributed by atoms with Gasteiger partial charge in [-0.25, -0.2) is 4.79 Å². The lowest BCUT2D eigenvalue weighted by Gasteiger charge is -2.27. The molecule has 31 heavy (non-hydrogen) atoms. The fourth-order valence-corrected chi connectivity index (χ4v) is 3.19. The second-order valence-electron chi connectivity index (χ2n) is 8.51. The van der Waals surface area contributed by atoms with Gasteiger partial charge in [0.25, 0.3) is 11.8 Å². The molecule has 1 aromatic rings. The van der Waals surface area contributed by atoms with Gasteiger partial charge in [0, 0.05) is 13.7 Å². The van der Waals surface area contributed by atoms with Crippen molar-refractivity contribution >= 4 is 17.9 Å². The van der Waals surface area contributed by atoms with Crippen LogP contribution in [0.5, 0.6) is 0 Å². The molecule has 8 nitrogen and oxygen atoms in total. The number of amides is 3. The van der Waals surface area contributed by atoms with E-state index in [4.69, 9.17) is 9.47 Å². The van der Waals surface area contributed by atoms with Crippen molar-refractivity contribution in [2.45, 2.75) is 65.3 Å². The Balaban J connectivity index is 2.20. The van der Waals surface area contributed by atoms with E-state index in [1.165, 1.54) is 4.90 Å². The van der Waals surface area contributed by atoms with Crippen LogP contribution in [-0.4, -0.2) is 54.3 Å². The molecule has 1 heterocycles. The molecule has 2 atom stereocenters. The average molecular weight is 432 g/mol. The molecule has 3 amide bonds. The third kappa shape index (κ3) is 6.82. The summed E-state index contributed by atoms with van der Waals surface area (Å²) in [5.41, 5.74) is 1.10. The predicted octanol–water partition coefficient (Wildman–Crippen LogP) is 3.44. The number of nitrogens with zero attached hydrogens (tertiary/aromatic N) is 1. The Labute approximate surface area is 184 Å². The fraction of sp³-hybridized carbons (Fsp3) is 0.522. The van der Waals surface area contributed by atoms with Crippen molar-refractivity contribution in [2.75, 3.05) is 13.7 Å². The van der Waals surface area contributed by atoms with Gasteiger partial charge in [-0.05, 0) is 58.9 Å². The van der Waals surface area contributed by atoms with Crippen LogP contribution < -0.4 is 10.6 Å². The first-order valence-electron chi connectivity index (χ1n) is 10.5. The standard InChI is InChI=1S/C23H33N3O5/c1-7-16(13-24-15(2)30-6)12-17(25-22(29)31-23(3,4)5)14-26-20(27)18-10-8-9-11-19(18)21(26)28/h8-11,13,15,17,24H,7,12,14H2,1-6H3,(H,25,29)/b16-13+/t15?,17-/m1/s1. The number of carbonyl (C=O) groups is 3. The monoisotopic (exact) mass is 431 g/mol. The van der Waals surface area contributed by atoms with Crippen LogP contribution in [0.3, 0.4) is 0 Å². The van der Waals surface area contributed by atoms with Gasteiger partial charge < -0.3 is 20.1 Å². The molecule has 1 aliphatic heterocycles. The molecular formula is C23H33N3O5. The number of fused-ring (bicyclic) bond motifs is 1. The van der Waals surface area contributed by atoms with Crippen molar-refractivity contribution in [3.63, 3.8) is 0 Å². The molecule has 170 valence electrons. The summed E-state index contributed by atoms with van der Waals surface area (Å²) in [6.07, 6.45) is 2.24. The topological polar surface area (TPSA) is 97.0 Å². The summed E-state index contributed by atoms with van der Waals surface area (Å²) in [4.78, 5) is 39.2. The second kappa shape index (κ2) is 10.4. The molecule has 1 aliphatic rings. The molecule has 0 aliphatic carbocycles. The van der Waals surface area contributed by atoms with Crippen LogP contribution in [0.1, 0.15) is 68.2 Å². The lowest BCUT2D eigenvalue weighted by Crippen LogP contribution is -2.47. The van der Waals surface area contributed by atoms with E-state index in [2.05, 4.69) is 10.6 Å². The summed E-state index contributed by atoms with van der Waals surface area (Å²) in [5.74, 6) is -0.713. The summed E-state index contributed by atoms with van der Waals surface area (Å²) in [5, 5.41) is 5.96. The number of rotatable bonds is 9. The molecule has 2 N–H and O–H groups in total. The number of carbonyl (C=O) groups excluding carboxylic acids is 3. The third-order valence-corrected chi connectivity index (χ3v) is 4.84. The van der Waals surface area contributed by atoms with Crippen LogP contribution in [-0.2, 0) is 9.47 Å². The number of methoxy groups -OCH3 is 1. The Bertz CT molecular complexity index is 809. The Hall–Kier alpha value is -2.87. The minimum atomic E-state index is -0.664. The van der Waals surface area contributed by atoms with Crippen LogP contribution in [0.15, 0.2) is 36.0 Å². The molecule has 0 aromatic heterocycles. The van der Waals surface area contributed by atoms with Crippen molar-refractivity contribution in [1.29, 1.82) is 0 Å². The van der Waals surface area contributed by atoms with Gasteiger partial charge in [0.15, 0.2) is 0 Å². The van der Waals surface area contributed by atoms with Gasteiger partial charge in [0.05, 0.1) is 17.2 Å². The Morgan fingerprint density at radius 1 is 1.16 bits per heavy atom. The van der Waals surface area contributed by atoms with Crippen molar-refractivity contribution in [2.24, 2.45) is 0 Å². The maximum Gasteiger partial charge on any atom is 0.407 e. The van der Waals surface area contributed by atoms with E-state index in [9.17, 15) is 14.4 Å². The summed E-state index contributed by atoms with van der Waals surface area (Å²) in [6, 6.07) is 6.22. The normalized spacial score (nSPS) is 16.1. The average Bonchev–Trinajstić information content (AvgIpc) is 2.94. The molecule has 0 fully saturated rings. The highest BCUT2D eigenvalue weighted by Gasteiger charge is 2.37. The zero-order valence-corrected chi connectivity index (χ0v) is 19.2. The van der Waals surface area contributed by atoms with E-state index in [1.807, 2.05) is 20.0 Å². The maximum atomic E-state index is 12.8. The number of hydrogen-bond acceptors (Lipinski definition) is 6. The zero-order valence-electron chi connectivity index (χ0n) is 19.2. The van der Waals surface area contributed by atoms with E-state index < -0.39 is 17.7 Å². The van der Waals surface area contributed by atoms with Crippen molar-refractivity contribution in [3.8, 4) is 0 Å². The van der Waals surface area contributed by atoms with Gasteiger partial charge in [0.2, 0.25) is 0 Å². The van der Waals surface area contributed by atoms with E-state index in [1.54, 1.807) is 52.1 Å².